The smallest absolute Gasteiger partial charge is 0.353 e. The summed E-state index contributed by atoms with van der Waals surface area (Å²) >= 11 is 1.50. The van der Waals surface area contributed by atoms with E-state index in [1.165, 1.54) is 34.1 Å². The SMILES string of the molecule is C[C@@H](CC(=O)Cn1cnnn1)[C@H]1C(=O)N2C(C(=O)O)=C(S[C@@H]3CNC(C(=O)N4CC5CC6CC5(CN6)C4)C3)[C@H](C)[C@H]12. The number of aromatic nitrogens is 4. The Morgan fingerprint density at radius 3 is 2.80 bits per heavy atom. The molecule has 1 aromatic heterocycles. The van der Waals surface area contributed by atoms with Crippen LogP contribution in [0, 0.1) is 29.1 Å². The van der Waals surface area contributed by atoms with Gasteiger partial charge in [-0.15, -0.1) is 16.9 Å². The number of fused-ring (bicyclic) bond motifs is 2. The second kappa shape index (κ2) is 9.87. The van der Waals surface area contributed by atoms with E-state index in [1.54, 1.807) is 0 Å². The summed E-state index contributed by atoms with van der Waals surface area (Å²) in [6, 6.07) is 0.0628. The number of Topliss-reactive ketones (excluding diaryl/α,β-unsaturated/α-hetero) is 1. The van der Waals surface area contributed by atoms with Gasteiger partial charge in [0.25, 0.3) is 0 Å². The molecule has 41 heavy (non-hydrogen) atoms. The van der Waals surface area contributed by atoms with Gasteiger partial charge in [-0.2, -0.15) is 0 Å². The highest BCUT2D eigenvalue weighted by molar-refractivity contribution is 8.03. The van der Waals surface area contributed by atoms with Crippen LogP contribution in [0.1, 0.15) is 39.5 Å². The molecule has 0 radical (unpaired) electrons. The van der Waals surface area contributed by atoms with E-state index in [1.807, 2.05) is 13.8 Å². The molecule has 2 bridgehead atoms. The second-order valence-electron chi connectivity index (χ2n) is 13.0. The fourth-order valence-electron chi connectivity index (χ4n) is 8.58. The number of hydrogen-bond donors (Lipinski definition) is 3. The van der Waals surface area contributed by atoms with Crippen LogP contribution in [0.25, 0.3) is 0 Å². The summed E-state index contributed by atoms with van der Waals surface area (Å²) in [5, 5.41) is 28.0. The zero-order valence-corrected chi connectivity index (χ0v) is 24.0. The zero-order chi connectivity index (χ0) is 28.6. The van der Waals surface area contributed by atoms with Crippen LogP contribution < -0.4 is 10.6 Å². The number of nitrogens with one attached hydrogen (secondary N) is 2. The van der Waals surface area contributed by atoms with Gasteiger partial charge >= 0.3 is 5.97 Å². The van der Waals surface area contributed by atoms with Gasteiger partial charge in [-0.25, -0.2) is 9.48 Å². The first-order chi connectivity index (χ1) is 19.6. The highest BCUT2D eigenvalue weighted by Crippen LogP contribution is 2.54. The Morgan fingerprint density at radius 2 is 2.10 bits per heavy atom. The number of β-lactam (4-membered cyclic amide) rings is 1. The summed E-state index contributed by atoms with van der Waals surface area (Å²) in [6.45, 7) is 7.18. The van der Waals surface area contributed by atoms with E-state index in [4.69, 9.17) is 0 Å². The number of carbonyl (C=O) groups is 4. The predicted octanol–water partition coefficient (Wildman–Crippen LogP) is -0.285. The summed E-state index contributed by atoms with van der Waals surface area (Å²) in [5.41, 5.74) is 0.310. The maximum atomic E-state index is 13.5. The van der Waals surface area contributed by atoms with Crippen LogP contribution in [-0.4, -0.2) is 108 Å². The fourth-order valence-corrected chi connectivity index (χ4v) is 10.1. The standard InChI is InChI=1S/C27H36N8O5S/c1-13(3-17(36)9-34-12-30-31-32-34)20-21-14(2)23(22(26(39)40)35(21)25(20)38)41-18-5-19(28-7-18)24(37)33-8-15-4-16-6-27(15,11-33)10-29-16/h12-16,18-21,28-29H,3-11H2,1-2H3,(H,39,40)/t13-,14+,15?,16?,18-,19?,20+,21+,27?/m0/s1. The molecule has 13 nitrogen and oxygen atoms in total. The van der Waals surface area contributed by atoms with Crippen LogP contribution in [0.4, 0.5) is 0 Å². The van der Waals surface area contributed by atoms with Gasteiger partial charge in [0.15, 0.2) is 5.78 Å². The number of carboxylic acid groups (broad SMARTS) is 1. The van der Waals surface area contributed by atoms with Crippen LogP contribution in [0.3, 0.4) is 0 Å². The first-order valence-corrected chi connectivity index (χ1v) is 15.5. The van der Waals surface area contributed by atoms with Crippen molar-refractivity contribution in [2.45, 2.75) is 69.5 Å². The molecule has 6 aliphatic rings. The number of likely N-dealkylation sites (tertiary alicyclic amines) is 1. The molecule has 1 saturated carbocycles. The fraction of sp³-hybridized carbons (Fsp3) is 0.741. The van der Waals surface area contributed by atoms with Crippen LogP contribution >= 0.6 is 11.8 Å². The molecule has 5 fully saturated rings. The normalized spacial score (nSPS) is 37.9. The second-order valence-corrected chi connectivity index (χ2v) is 14.3. The summed E-state index contributed by atoms with van der Waals surface area (Å²) in [6.07, 6.45) is 4.52. The van der Waals surface area contributed by atoms with Crippen molar-refractivity contribution in [3.63, 3.8) is 0 Å². The molecule has 1 aliphatic carbocycles. The van der Waals surface area contributed by atoms with Crippen molar-refractivity contribution < 1.29 is 24.3 Å². The zero-order valence-electron chi connectivity index (χ0n) is 23.2. The van der Waals surface area contributed by atoms with E-state index in [-0.39, 0.29) is 70.8 Å². The molecule has 5 aliphatic heterocycles. The van der Waals surface area contributed by atoms with E-state index < -0.39 is 11.9 Å². The number of tetrazole rings is 1. The molecular weight excluding hydrogens is 548 g/mol. The molecule has 14 heteroatoms. The Balaban J connectivity index is 0.989. The lowest BCUT2D eigenvalue weighted by atomic mass is 9.73. The van der Waals surface area contributed by atoms with E-state index in [2.05, 4.69) is 31.1 Å². The number of carbonyl (C=O) groups excluding carboxylic acids is 3. The molecule has 7 rings (SSSR count). The van der Waals surface area contributed by atoms with Crippen LogP contribution in [0.5, 0.6) is 0 Å². The van der Waals surface area contributed by atoms with Crippen molar-refractivity contribution in [3.8, 4) is 0 Å². The minimum atomic E-state index is -1.11. The minimum absolute atomic E-state index is 0.0347. The van der Waals surface area contributed by atoms with Gasteiger partial charge < -0.3 is 25.5 Å². The highest BCUT2D eigenvalue weighted by atomic mass is 32.2. The van der Waals surface area contributed by atoms with Crippen molar-refractivity contribution in [2.75, 3.05) is 26.2 Å². The Hall–Kier alpha value is -2.84. The van der Waals surface area contributed by atoms with Crippen LogP contribution in [-0.2, 0) is 25.7 Å². The lowest BCUT2D eigenvalue weighted by molar-refractivity contribution is -0.160. The lowest BCUT2D eigenvalue weighted by Gasteiger charge is -2.47. The predicted molar refractivity (Wildman–Crippen MR) is 146 cm³/mol. The highest BCUT2D eigenvalue weighted by Gasteiger charge is 2.61. The molecular formula is C27H36N8O5S. The third-order valence-corrected chi connectivity index (χ3v) is 12.0. The summed E-state index contributed by atoms with van der Waals surface area (Å²) in [7, 11) is 0. The van der Waals surface area contributed by atoms with Gasteiger partial charge in [-0.1, -0.05) is 13.8 Å². The molecule has 2 amide bonds. The number of aliphatic carboxylic acids is 1. The summed E-state index contributed by atoms with van der Waals surface area (Å²) in [4.78, 5) is 55.9. The lowest BCUT2D eigenvalue weighted by Crippen LogP contribution is -2.62. The first-order valence-electron chi connectivity index (χ1n) is 14.6. The molecule has 1 spiro atoms. The third-order valence-electron chi connectivity index (χ3n) is 10.5. The molecule has 0 aromatic carbocycles. The molecule has 3 N–H and O–H groups in total. The number of rotatable bonds is 9. The molecule has 220 valence electrons. The van der Waals surface area contributed by atoms with Crippen molar-refractivity contribution in [3.05, 3.63) is 16.9 Å². The Kier molecular flexibility index (Phi) is 6.51. The largest absolute Gasteiger partial charge is 0.477 e. The Morgan fingerprint density at radius 1 is 1.27 bits per heavy atom. The van der Waals surface area contributed by atoms with Crippen LogP contribution in [0.15, 0.2) is 16.9 Å². The Labute approximate surface area is 241 Å². The first kappa shape index (κ1) is 27.0. The summed E-state index contributed by atoms with van der Waals surface area (Å²) in [5.74, 6) is -1.51. The number of nitrogens with zero attached hydrogens (tertiary/aromatic N) is 6. The van der Waals surface area contributed by atoms with Crippen LogP contribution in [0.2, 0.25) is 0 Å². The van der Waals surface area contributed by atoms with Gasteiger partial charge in [0.05, 0.1) is 18.0 Å². The van der Waals surface area contributed by atoms with Gasteiger partial charge in [0.1, 0.15) is 18.6 Å². The van der Waals surface area contributed by atoms with E-state index in [0.717, 1.165) is 26.1 Å². The monoisotopic (exact) mass is 584 g/mol. The third kappa shape index (κ3) is 4.32. The van der Waals surface area contributed by atoms with Gasteiger partial charge in [0, 0.05) is 60.1 Å². The van der Waals surface area contributed by atoms with Gasteiger partial charge in [-0.05, 0) is 41.5 Å². The molecule has 9 atom stereocenters. The minimum Gasteiger partial charge on any atom is -0.477 e. The number of carboxylic acids is 1. The average molecular weight is 585 g/mol. The van der Waals surface area contributed by atoms with Gasteiger partial charge in [-0.3, -0.25) is 14.4 Å². The molecule has 4 unspecified atom stereocenters. The number of thioether (sulfide) groups is 1. The maximum absolute atomic E-state index is 13.5. The molecule has 1 aromatic rings. The van der Waals surface area contributed by atoms with E-state index in [9.17, 15) is 24.3 Å². The van der Waals surface area contributed by atoms with E-state index >= 15 is 0 Å². The number of piperidine rings is 1. The molecule has 6 heterocycles. The average Bonchev–Trinajstić information content (AvgIpc) is 3.75. The topological polar surface area (TPSA) is 163 Å². The summed E-state index contributed by atoms with van der Waals surface area (Å²) < 4.78 is 1.35. The van der Waals surface area contributed by atoms with Gasteiger partial charge in [0.2, 0.25) is 11.8 Å². The van der Waals surface area contributed by atoms with Crippen molar-refractivity contribution in [1.29, 1.82) is 0 Å². The van der Waals surface area contributed by atoms with Crippen molar-refractivity contribution in [2.24, 2.45) is 29.1 Å². The van der Waals surface area contributed by atoms with Crippen molar-refractivity contribution in [1.82, 2.24) is 40.6 Å². The number of ketones is 1. The molecule has 4 saturated heterocycles. The Bertz CT molecular complexity index is 1320. The number of hydrogen-bond acceptors (Lipinski definition) is 10. The number of amides is 2. The van der Waals surface area contributed by atoms with E-state index in [0.29, 0.717) is 29.8 Å². The maximum Gasteiger partial charge on any atom is 0.353 e. The quantitative estimate of drug-likeness (QED) is 0.327. The van der Waals surface area contributed by atoms with Crippen molar-refractivity contribution >= 4 is 35.3 Å².